The molecule has 6 heteroatoms. The lowest BCUT2D eigenvalue weighted by atomic mass is 9.85. The largest absolute Gasteiger partial charge is 0.481 e. The number of nitrogens with one attached hydrogen (secondary N) is 1. The van der Waals surface area contributed by atoms with Gasteiger partial charge >= 0.3 is 5.97 Å². The number of anilines is 1. The van der Waals surface area contributed by atoms with Crippen LogP contribution in [0.1, 0.15) is 26.2 Å². The minimum atomic E-state index is -0.739. The van der Waals surface area contributed by atoms with Crippen molar-refractivity contribution in [2.24, 2.45) is 5.41 Å². The Labute approximate surface area is 110 Å². The van der Waals surface area contributed by atoms with E-state index in [1.54, 1.807) is 6.92 Å². The summed E-state index contributed by atoms with van der Waals surface area (Å²) in [5, 5.41) is 13.5. The van der Waals surface area contributed by atoms with E-state index < -0.39 is 11.4 Å². The van der Waals surface area contributed by atoms with E-state index in [0.29, 0.717) is 12.2 Å². The molecule has 1 aliphatic carbocycles. The number of hydrogen-bond acceptors (Lipinski definition) is 5. The third kappa shape index (κ3) is 2.43. The van der Waals surface area contributed by atoms with Gasteiger partial charge < -0.3 is 10.4 Å². The van der Waals surface area contributed by atoms with E-state index >= 15 is 0 Å². The van der Waals surface area contributed by atoms with Crippen molar-refractivity contribution in [3.05, 3.63) is 12.4 Å². The van der Waals surface area contributed by atoms with Crippen LogP contribution in [0.2, 0.25) is 0 Å². The van der Waals surface area contributed by atoms with Crippen molar-refractivity contribution in [1.29, 1.82) is 0 Å². The minimum absolute atomic E-state index is 0.0698. The maximum absolute atomic E-state index is 11.4. The second-order valence-corrected chi connectivity index (χ2v) is 5.58. The van der Waals surface area contributed by atoms with E-state index in [4.69, 9.17) is 0 Å². The molecule has 1 heterocycles. The molecule has 0 amide bonds. The maximum Gasteiger partial charge on any atom is 0.311 e. The molecule has 0 radical (unpaired) electrons. The zero-order valence-corrected chi connectivity index (χ0v) is 11.3. The third-order valence-electron chi connectivity index (χ3n) is 3.62. The zero-order chi connectivity index (χ0) is 13.2. The van der Waals surface area contributed by atoms with Crippen LogP contribution in [0, 0.1) is 5.41 Å². The Hall–Kier alpha value is -1.30. The molecule has 2 unspecified atom stereocenters. The molecule has 0 aromatic carbocycles. The van der Waals surface area contributed by atoms with E-state index in [0.717, 1.165) is 17.9 Å². The predicted molar refractivity (Wildman–Crippen MR) is 70.8 cm³/mol. The molecule has 1 aromatic heterocycles. The minimum Gasteiger partial charge on any atom is -0.481 e. The Kier molecular flexibility index (Phi) is 3.75. The van der Waals surface area contributed by atoms with Crippen LogP contribution in [0.4, 0.5) is 5.82 Å². The second-order valence-electron chi connectivity index (χ2n) is 4.76. The number of carboxylic acid groups (broad SMARTS) is 1. The average molecular weight is 267 g/mol. The quantitative estimate of drug-likeness (QED) is 0.644. The molecule has 0 aliphatic heterocycles. The molecule has 18 heavy (non-hydrogen) atoms. The lowest BCUT2D eigenvalue weighted by Crippen LogP contribution is -2.40. The van der Waals surface area contributed by atoms with Gasteiger partial charge in [-0.15, -0.1) is 11.8 Å². The fourth-order valence-electron chi connectivity index (χ4n) is 2.36. The number of rotatable bonds is 4. The van der Waals surface area contributed by atoms with Gasteiger partial charge in [-0.25, -0.2) is 9.97 Å². The predicted octanol–water partition coefficient (Wildman–Crippen LogP) is 2.25. The molecule has 2 atom stereocenters. The summed E-state index contributed by atoms with van der Waals surface area (Å²) in [6, 6.07) is 1.78. The van der Waals surface area contributed by atoms with Crippen molar-refractivity contribution >= 4 is 23.5 Å². The molecular formula is C12H17N3O2S. The van der Waals surface area contributed by atoms with Gasteiger partial charge in [0.15, 0.2) is 0 Å². The normalized spacial score (nSPS) is 27.1. The van der Waals surface area contributed by atoms with Crippen LogP contribution in [0.3, 0.4) is 0 Å². The summed E-state index contributed by atoms with van der Waals surface area (Å²) in [5.74, 6) is -0.0367. The first kappa shape index (κ1) is 13.1. The van der Waals surface area contributed by atoms with Crippen LogP contribution in [-0.4, -0.2) is 33.3 Å². The number of hydrogen-bond donors (Lipinski definition) is 2. The monoisotopic (exact) mass is 267 g/mol. The lowest BCUT2D eigenvalue weighted by molar-refractivity contribution is -0.147. The molecule has 1 saturated carbocycles. The van der Waals surface area contributed by atoms with Gasteiger partial charge in [0.25, 0.3) is 0 Å². The highest BCUT2D eigenvalue weighted by Gasteiger charge is 2.45. The summed E-state index contributed by atoms with van der Waals surface area (Å²) in [5.41, 5.74) is -0.704. The molecule has 2 N–H and O–H groups in total. The van der Waals surface area contributed by atoms with Crippen molar-refractivity contribution < 1.29 is 9.90 Å². The lowest BCUT2D eigenvalue weighted by Gasteiger charge is -2.28. The molecule has 2 rings (SSSR count). The molecular weight excluding hydrogens is 250 g/mol. The first-order valence-electron chi connectivity index (χ1n) is 5.92. The average Bonchev–Trinajstić information content (AvgIpc) is 2.73. The Morgan fingerprint density at radius 1 is 1.61 bits per heavy atom. The van der Waals surface area contributed by atoms with Gasteiger partial charge in [0.2, 0.25) is 0 Å². The van der Waals surface area contributed by atoms with Crippen molar-refractivity contribution in [2.75, 3.05) is 11.6 Å². The van der Waals surface area contributed by atoms with Gasteiger partial charge in [-0.05, 0) is 26.0 Å². The topological polar surface area (TPSA) is 75.1 Å². The summed E-state index contributed by atoms with van der Waals surface area (Å²) in [6.45, 7) is 1.80. The van der Waals surface area contributed by atoms with E-state index in [-0.39, 0.29) is 6.04 Å². The van der Waals surface area contributed by atoms with Crippen LogP contribution in [0.5, 0.6) is 0 Å². The highest BCUT2D eigenvalue weighted by atomic mass is 32.2. The number of nitrogens with zero attached hydrogens (tertiary/aromatic N) is 2. The Morgan fingerprint density at radius 2 is 2.39 bits per heavy atom. The van der Waals surface area contributed by atoms with Gasteiger partial charge in [-0.3, -0.25) is 4.79 Å². The molecule has 98 valence electrons. The fraction of sp³-hybridized carbons (Fsp3) is 0.583. The van der Waals surface area contributed by atoms with Crippen LogP contribution < -0.4 is 5.32 Å². The van der Waals surface area contributed by atoms with Gasteiger partial charge in [-0.2, -0.15) is 0 Å². The molecule has 0 spiro atoms. The number of carboxylic acids is 1. The van der Waals surface area contributed by atoms with Gasteiger partial charge in [0, 0.05) is 12.1 Å². The van der Waals surface area contributed by atoms with Gasteiger partial charge in [0.1, 0.15) is 17.2 Å². The Morgan fingerprint density at radius 3 is 3.06 bits per heavy atom. The Balaban J connectivity index is 2.15. The van der Waals surface area contributed by atoms with E-state index in [9.17, 15) is 9.90 Å². The number of thioether (sulfide) groups is 1. The highest BCUT2D eigenvalue weighted by Crippen LogP contribution is 2.39. The SMILES string of the molecule is CSc1cc(NC2CCCC2(C)C(=O)O)ncn1. The van der Waals surface area contributed by atoms with E-state index in [1.165, 1.54) is 18.1 Å². The van der Waals surface area contributed by atoms with Gasteiger partial charge in [0.05, 0.1) is 5.41 Å². The first-order chi connectivity index (χ1) is 8.56. The van der Waals surface area contributed by atoms with Crippen LogP contribution in [-0.2, 0) is 4.79 Å². The summed E-state index contributed by atoms with van der Waals surface area (Å²) in [7, 11) is 0. The number of aromatic nitrogens is 2. The van der Waals surface area contributed by atoms with Crippen molar-refractivity contribution in [2.45, 2.75) is 37.3 Å². The van der Waals surface area contributed by atoms with Crippen LogP contribution in [0.15, 0.2) is 17.4 Å². The summed E-state index contributed by atoms with van der Waals surface area (Å²) in [4.78, 5) is 19.6. The molecule has 0 bridgehead atoms. The smallest absolute Gasteiger partial charge is 0.311 e. The summed E-state index contributed by atoms with van der Waals surface area (Å²) in [6.07, 6.45) is 5.95. The Bertz CT molecular complexity index is 455. The highest BCUT2D eigenvalue weighted by molar-refractivity contribution is 7.98. The van der Waals surface area contributed by atoms with E-state index in [2.05, 4.69) is 15.3 Å². The van der Waals surface area contributed by atoms with Crippen molar-refractivity contribution in [1.82, 2.24) is 9.97 Å². The first-order valence-corrected chi connectivity index (χ1v) is 7.14. The maximum atomic E-state index is 11.4. The molecule has 0 saturated heterocycles. The van der Waals surface area contributed by atoms with E-state index in [1.807, 2.05) is 12.3 Å². The molecule has 1 fully saturated rings. The van der Waals surface area contributed by atoms with Crippen molar-refractivity contribution in [3.8, 4) is 0 Å². The van der Waals surface area contributed by atoms with Crippen LogP contribution in [0.25, 0.3) is 0 Å². The standard InChI is InChI=1S/C12H17N3O2S/c1-12(11(16)17)5-3-4-8(12)15-9-6-10(18-2)14-7-13-9/h6-8H,3-5H2,1-2H3,(H,16,17)(H,13,14,15). The molecule has 1 aromatic rings. The number of carbonyl (C=O) groups is 1. The molecule has 1 aliphatic rings. The third-order valence-corrected chi connectivity index (χ3v) is 4.26. The molecule has 5 nitrogen and oxygen atoms in total. The van der Waals surface area contributed by atoms with Crippen LogP contribution >= 0.6 is 11.8 Å². The van der Waals surface area contributed by atoms with Crippen molar-refractivity contribution in [3.63, 3.8) is 0 Å². The summed E-state index contributed by atoms with van der Waals surface area (Å²) < 4.78 is 0. The number of aliphatic carboxylic acids is 1. The fourth-order valence-corrected chi connectivity index (χ4v) is 2.74. The second kappa shape index (κ2) is 5.14. The summed E-state index contributed by atoms with van der Waals surface area (Å²) >= 11 is 1.54. The van der Waals surface area contributed by atoms with Gasteiger partial charge in [-0.1, -0.05) is 6.42 Å². The zero-order valence-electron chi connectivity index (χ0n) is 10.5.